The third kappa shape index (κ3) is 2.54. The minimum atomic E-state index is -0.198. The summed E-state index contributed by atoms with van der Waals surface area (Å²) in [5.74, 6) is 0.515. The van der Waals surface area contributed by atoms with E-state index in [1.807, 2.05) is 0 Å². The number of nitrogens with zero attached hydrogens (tertiary/aromatic N) is 3. The number of H-pyrrole nitrogens is 1. The van der Waals surface area contributed by atoms with Gasteiger partial charge in [0.1, 0.15) is 5.69 Å². The van der Waals surface area contributed by atoms with Crippen molar-refractivity contribution in [3.8, 4) is 17.3 Å². The Kier molecular flexibility index (Phi) is 3.91. The van der Waals surface area contributed by atoms with Crippen LogP contribution in [0.15, 0.2) is 53.9 Å². The first-order valence-corrected chi connectivity index (χ1v) is 10.2. The molecule has 5 nitrogen and oxygen atoms in total. The fourth-order valence-electron chi connectivity index (χ4n) is 3.68. The highest BCUT2D eigenvalue weighted by Gasteiger charge is 2.37. The number of aromatic nitrogens is 4. The van der Waals surface area contributed by atoms with Gasteiger partial charge in [-0.2, -0.15) is 9.47 Å². The van der Waals surface area contributed by atoms with Crippen LogP contribution in [0.25, 0.3) is 17.5 Å². The van der Waals surface area contributed by atoms with Gasteiger partial charge in [0.05, 0.1) is 24.3 Å². The smallest absolute Gasteiger partial charge is 0.255 e. The molecule has 1 N–H and O–H groups in total. The highest BCUT2D eigenvalue weighted by Crippen LogP contribution is 2.44. The van der Waals surface area contributed by atoms with Crippen LogP contribution in [0.2, 0.25) is 0 Å². The Morgan fingerprint density at radius 1 is 1.07 bits per heavy atom. The first-order valence-electron chi connectivity index (χ1n) is 8.55. The topological polar surface area (TPSA) is 63.7 Å². The van der Waals surface area contributed by atoms with Crippen molar-refractivity contribution < 1.29 is 4.74 Å². The highest BCUT2D eigenvalue weighted by molar-refractivity contribution is 7.10. The molecule has 0 saturated heterocycles. The summed E-state index contributed by atoms with van der Waals surface area (Å²) in [7, 11) is 1.60. The summed E-state index contributed by atoms with van der Waals surface area (Å²) in [5.41, 5.74) is 4.71. The molecule has 27 heavy (non-hydrogen) atoms. The number of allylic oxidation sites excluding steroid dienone is 1. The van der Waals surface area contributed by atoms with Gasteiger partial charge in [0, 0.05) is 22.6 Å². The number of methoxy groups -OCH3 is 1. The van der Waals surface area contributed by atoms with E-state index >= 15 is 0 Å². The van der Waals surface area contributed by atoms with Crippen LogP contribution >= 0.6 is 23.1 Å². The van der Waals surface area contributed by atoms with Crippen molar-refractivity contribution in [2.45, 2.75) is 11.8 Å². The fraction of sp³-hybridized carbons (Fsp3) is 0.150. The molecule has 1 atom stereocenters. The third-order valence-electron chi connectivity index (χ3n) is 5.00. The molecule has 5 rings (SSSR count). The predicted octanol–water partition coefficient (Wildman–Crippen LogP) is 4.55. The van der Waals surface area contributed by atoms with E-state index in [1.165, 1.54) is 10.4 Å². The monoisotopic (exact) mass is 392 g/mol. The summed E-state index contributed by atoms with van der Waals surface area (Å²) < 4.78 is 13.9. The van der Waals surface area contributed by atoms with Gasteiger partial charge >= 0.3 is 0 Å². The average Bonchev–Trinajstić information content (AvgIpc) is 3.47. The normalized spacial score (nSPS) is 18.4. The third-order valence-corrected chi connectivity index (χ3v) is 6.56. The molecule has 1 aliphatic rings. The van der Waals surface area contributed by atoms with Crippen LogP contribution in [-0.4, -0.2) is 26.1 Å². The molecule has 0 radical (unpaired) electrons. The Morgan fingerprint density at radius 3 is 2.74 bits per heavy atom. The molecule has 0 aliphatic heterocycles. The predicted molar refractivity (Wildman–Crippen MR) is 108 cm³/mol. The number of hydrogen-bond acceptors (Lipinski definition) is 6. The van der Waals surface area contributed by atoms with Gasteiger partial charge in [-0.15, -0.1) is 15.7 Å². The second-order valence-corrected chi connectivity index (χ2v) is 7.89. The first-order chi connectivity index (χ1) is 13.3. The number of aromatic amines is 1. The van der Waals surface area contributed by atoms with E-state index in [0.29, 0.717) is 11.6 Å². The number of benzene rings is 1. The molecule has 0 fully saturated rings. The minimum absolute atomic E-state index is 0.198. The van der Waals surface area contributed by atoms with Crippen LogP contribution in [-0.2, 0) is 11.8 Å². The van der Waals surface area contributed by atoms with E-state index in [0.717, 1.165) is 35.1 Å². The lowest BCUT2D eigenvalue weighted by Crippen LogP contribution is -2.29. The van der Waals surface area contributed by atoms with Crippen molar-refractivity contribution in [3.63, 3.8) is 0 Å². The lowest BCUT2D eigenvalue weighted by molar-refractivity contribution is 0.403. The van der Waals surface area contributed by atoms with Gasteiger partial charge in [0.2, 0.25) is 0 Å². The van der Waals surface area contributed by atoms with Gasteiger partial charge < -0.3 is 4.74 Å². The number of nitrogens with one attached hydrogen (secondary N) is 1. The lowest BCUT2D eigenvalue weighted by atomic mass is 9.72. The summed E-state index contributed by atoms with van der Waals surface area (Å²) in [5, 5.41) is 9.91. The minimum Gasteiger partial charge on any atom is -0.479 e. The van der Waals surface area contributed by atoms with Crippen molar-refractivity contribution in [2.75, 3.05) is 7.11 Å². The van der Waals surface area contributed by atoms with E-state index in [-0.39, 0.29) is 5.41 Å². The van der Waals surface area contributed by atoms with Crippen LogP contribution in [0.4, 0.5) is 0 Å². The maximum absolute atomic E-state index is 5.33. The Bertz CT molecular complexity index is 1100. The van der Waals surface area contributed by atoms with E-state index in [9.17, 15) is 0 Å². The van der Waals surface area contributed by atoms with Crippen LogP contribution in [0.1, 0.15) is 21.7 Å². The second-order valence-electron chi connectivity index (χ2n) is 6.41. The zero-order valence-corrected chi connectivity index (χ0v) is 16.2. The lowest BCUT2D eigenvalue weighted by Gasteiger charge is -2.33. The Hall–Kier alpha value is -2.77. The molecule has 4 aromatic rings. The summed E-state index contributed by atoms with van der Waals surface area (Å²) >= 11 is 2.92. The number of ether oxygens (including phenoxy) is 1. The van der Waals surface area contributed by atoms with Crippen LogP contribution in [0, 0.1) is 0 Å². The van der Waals surface area contributed by atoms with Gasteiger partial charge in [-0.3, -0.25) is 5.10 Å². The number of thiophene rings is 1. The van der Waals surface area contributed by atoms with Crippen LogP contribution in [0.5, 0.6) is 5.88 Å². The molecular weight excluding hydrogens is 376 g/mol. The van der Waals surface area contributed by atoms with Gasteiger partial charge in [-0.05, 0) is 17.0 Å². The molecule has 1 aromatic carbocycles. The fourth-order valence-corrected chi connectivity index (χ4v) is 5.13. The maximum Gasteiger partial charge on any atom is 0.255 e. The molecule has 3 heterocycles. The van der Waals surface area contributed by atoms with Crippen molar-refractivity contribution >= 4 is 29.1 Å². The molecule has 134 valence electrons. The Balaban J connectivity index is 1.64. The molecule has 0 saturated carbocycles. The van der Waals surface area contributed by atoms with Gasteiger partial charge in [0.25, 0.3) is 5.88 Å². The molecule has 1 aliphatic carbocycles. The molecule has 0 amide bonds. The van der Waals surface area contributed by atoms with Crippen molar-refractivity contribution in [1.29, 1.82) is 0 Å². The molecule has 7 heteroatoms. The summed E-state index contributed by atoms with van der Waals surface area (Å²) in [4.78, 5) is 1.32. The second kappa shape index (κ2) is 6.44. The van der Waals surface area contributed by atoms with E-state index in [4.69, 9.17) is 4.74 Å². The van der Waals surface area contributed by atoms with Gasteiger partial charge in [0.15, 0.2) is 5.69 Å². The van der Waals surface area contributed by atoms with Gasteiger partial charge in [-0.1, -0.05) is 48.6 Å². The molecular formula is C20H16N4OS2. The highest BCUT2D eigenvalue weighted by atomic mass is 32.1. The SMILES string of the molecule is COc1nsnc1-c1n[nH]c2c1C=CC(c1ccccc1)(c1cccs1)C2. The average molecular weight is 393 g/mol. The first kappa shape index (κ1) is 16.4. The van der Waals surface area contributed by atoms with Crippen LogP contribution in [0.3, 0.4) is 0 Å². The molecule has 0 spiro atoms. The van der Waals surface area contributed by atoms with E-state index in [1.54, 1.807) is 18.4 Å². The zero-order chi connectivity index (χ0) is 18.3. The number of hydrogen-bond donors (Lipinski definition) is 1. The zero-order valence-electron chi connectivity index (χ0n) is 14.5. The molecule has 0 bridgehead atoms. The van der Waals surface area contributed by atoms with Crippen LogP contribution < -0.4 is 4.74 Å². The number of rotatable bonds is 4. The Labute approximate surface area is 164 Å². The maximum atomic E-state index is 5.33. The Morgan fingerprint density at radius 2 is 1.96 bits per heavy atom. The van der Waals surface area contributed by atoms with Crippen molar-refractivity contribution in [3.05, 3.63) is 75.6 Å². The molecule has 3 aromatic heterocycles. The molecule has 1 unspecified atom stereocenters. The van der Waals surface area contributed by atoms with E-state index in [2.05, 4.69) is 78.9 Å². The largest absolute Gasteiger partial charge is 0.479 e. The van der Waals surface area contributed by atoms with Crippen molar-refractivity contribution in [1.82, 2.24) is 18.9 Å². The quantitative estimate of drug-likeness (QED) is 0.553. The van der Waals surface area contributed by atoms with Crippen molar-refractivity contribution in [2.24, 2.45) is 0 Å². The standard InChI is InChI=1S/C20H16N4OS2/c1-25-19-18(23-27-24-19)17-14-9-10-20(12-15(14)21-22-17,16-8-5-11-26-16)13-6-3-2-4-7-13/h2-11H,12H2,1H3,(H,21,22). The summed E-state index contributed by atoms with van der Waals surface area (Å²) in [6, 6.07) is 14.9. The van der Waals surface area contributed by atoms with Gasteiger partial charge in [-0.25, -0.2) is 0 Å². The number of fused-ring (bicyclic) bond motifs is 1. The summed E-state index contributed by atoms with van der Waals surface area (Å²) in [6.45, 7) is 0. The van der Waals surface area contributed by atoms with E-state index < -0.39 is 0 Å². The summed E-state index contributed by atoms with van der Waals surface area (Å²) in [6.07, 6.45) is 5.27.